The molecule has 0 aliphatic carbocycles. The van der Waals surface area contributed by atoms with Crippen molar-refractivity contribution in [3.05, 3.63) is 29.8 Å². The van der Waals surface area contributed by atoms with E-state index in [9.17, 15) is 13.2 Å². The molecule has 19 heavy (non-hydrogen) atoms. The van der Waals surface area contributed by atoms with Crippen LogP contribution in [-0.2, 0) is 10.0 Å². The molecule has 1 aromatic carbocycles. The lowest BCUT2D eigenvalue weighted by atomic mass is 10.1. The second-order valence-corrected chi connectivity index (χ2v) is 6.79. The summed E-state index contributed by atoms with van der Waals surface area (Å²) >= 11 is 0. The molecular weight excluding hydrogens is 266 g/mol. The molecule has 2 unspecified atom stereocenters. The van der Waals surface area contributed by atoms with Crippen molar-refractivity contribution < 1.29 is 13.2 Å². The van der Waals surface area contributed by atoms with Crippen molar-refractivity contribution in [1.82, 2.24) is 4.31 Å². The molecule has 0 bridgehead atoms. The van der Waals surface area contributed by atoms with Gasteiger partial charge >= 0.3 is 0 Å². The molecule has 1 heterocycles. The highest BCUT2D eigenvalue weighted by Crippen LogP contribution is 2.23. The number of amides is 1. The Hall–Kier alpha value is -1.44. The molecule has 1 aliphatic heterocycles. The number of primary amides is 1. The minimum Gasteiger partial charge on any atom is -0.366 e. The summed E-state index contributed by atoms with van der Waals surface area (Å²) in [6.45, 7) is 2.67. The normalized spacial score (nSPS) is 24.5. The Morgan fingerprint density at radius 1 is 1.26 bits per heavy atom. The van der Waals surface area contributed by atoms with E-state index in [2.05, 4.69) is 0 Å². The lowest BCUT2D eigenvalue weighted by Crippen LogP contribution is -2.32. The molecule has 0 aromatic heterocycles. The van der Waals surface area contributed by atoms with Crippen LogP contribution in [-0.4, -0.2) is 37.8 Å². The Balaban J connectivity index is 2.27. The molecule has 1 fully saturated rings. The van der Waals surface area contributed by atoms with Crippen molar-refractivity contribution in [2.45, 2.75) is 17.9 Å². The van der Waals surface area contributed by atoms with Crippen LogP contribution in [0.3, 0.4) is 0 Å². The largest absolute Gasteiger partial charge is 0.366 e. The Bertz CT molecular complexity index is 573. The number of carbonyl (C=O) groups excluding carboxylic acids is 1. The van der Waals surface area contributed by atoms with E-state index >= 15 is 0 Å². The first-order valence-electron chi connectivity index (χ1n) is 5.98. The fourth-order valence-corrected chi connectivity index (χ4v) is 3.66. The van der Waals surface area contributed by atoms with Gasteiger partial charge in [-0.05, 0) is 30.2 Å². The number of benzene rings is 1. The molecule has 1 saturated heterocycles. The highest BCUT2D eigenvalue weighted by atomic mass is 32.2. The Morgan fingerprint density at radius 3 is 2.26 bits per heavy atom. The van der Waals surface area contributed by atoms with Gasteiger partial charge in [0.1, 0.15) is 0 Å². The zero-order chi connectivity index (χ0) is 14.2. The van der Waals surface area contributed by atoms with Gasteiger partial charge in [0.05, 0.1) is 4.90 Å². The van der Waals surface area contributed by atoms with E-state index in [0.717, 1.165) is 0 Å². The molecule has 0 radical (unpaired) electrons. The van der Waals surface area contributed by atoms with Crippen molar-refractivity contribution in [2.75, 3.05) is 13.1 Å². The zero-order valence-corrected chi connectivity index (χ0v) is 11.4. The van der Waals surface area contributed by atoms with Gasteiger partial charge in [0.25, 0.3) is 0 Å². The zero-order valence-electron chi connectivity index (χ0n) is 10.6. The molecule has 2 atom stereocenters. The molecule has 7 heteroatoms. The standard InChI is InChI=1S/C12H17N3O3S/c1-8-6-15(7-11(8)13)19(17,18)10-4-2-9(3-5-10)12(14)16/h2-5,8,11H,6-7,13H2,1H3,(H2,14,16). The highest BCUT2D eigenvalue weighted by molar-refractivity contribution is 7.89. The molecular formula is C12H17N3O3S. The Labute approximate surface area is 112 Å². The summed E-state index contributed by atoms with van der Waals surface area (Å²) in [4.78, 5) is 11.1. The predicted molar refractivity (Wildman–Crippen MR) is 70.9 cm³/mol. The summed E-state index contributed by atoms with van der Waals surface area (Å²) in [5.74, 6) is -0.444. The molecule has 2 rings (SSSR count). The van der Waals surface area contributed by atoms with Crippen molar-refractivity contribution >= 4 is 15.9 Å². The quantitative estimate of drug-likeness (QED) is 0.797. The van der Waals surface area contributed by atoms with Crippen LogP contribution in [0.25, 0.3) is 0 Å². The molecule has 6 nitrogen and oxygen atoms in total. The van der Waals surface area contributed by atoms with Gasteiger partial charge in [0.2, 0.25) is 15.9 Å². The van der Waals surface area contributed by atoms with Gasteiger partial charge in [-0.15, -0.1) is 0 Å². The summed E-state index contributed by atoms with van der Waals surface area (Å²) in [6.07, 6.45) is 0. The molecule has 1 aromatic rings. The minimum absolute atomic E-state index is 0.139. The second kappa shape index (κ2) is 4.92. The number of sulfonamides is 1. The maximum atomic E-state index is 12.4. The maximum Gasteiger partial charge on any atom is 0.248 e. The van der Waals surface area contributed by atoms with Crippen LogP contribution in [0.1, 0.15) is 17.3 Å². The van der Waals surface area contributed by atoms with Crippen molar-refractivity contribution in [2.24, 2.45) is 17.4 Å². The van der Waals surface area contributed by atoms with Gasteiger partial charge in [-0.3, -0.25) is 4.79 Å². The third-order valence-electron chi connectivity index (χ3n) is 3.41. The van der Waals surface area contributed by atoms with Crippen LogP contribution in [0, 0.1) is 5.92 Å². The van der Waals surface area contributed by atoms with Crippen LogP contribution in [0.5, 0.6) is 0 Å². The summed E-state index contributed by atoms with van der Waals surface area (Å²) in [6, 6.07) is 5.47. The van der Waals surface area contributed by atoms with Crippen LogP contribution >= 0.6 is 0 Å². The molecule has 0 saturated carbocycles. The van der Waals surface area contributed by atoms with E-state index in [1.165, 1.54) is 28.6 Å². The van der Waals surface area contributed by atoms with Gasteiger partial charge in [-0.2, -0.15) is 4.31 Å². The number of nitrogens with zero attached hydrogens (tertiary/aromatic N) is 1. The number of rotatable bonds is 3. The third kappa shape index (κ3) is 2.63. The first-order valence-corrected chi connectivity index (χ1v) is 7.42. The van der Waals surface area contributed by atoms with E-state index in [1.54, 1.807) is 0 Å². The van der Waals surface area contributed by atoms with Crippen LogP contribution in [0.15, 0.2) is 29.2 Å². The lowest BCUT2D eigenvalue weighted by molar-refractivity contribution is 0.1000. The van der Waals surface area contributed by atoms with Gasteiger partial charge in [0, 0.05) is 24.7 Å². The summed E-state index contributed by atoms with van der Waals surface area (Å²) in [5, 5.41) is 0. The van der Waals surface area contributed by atoms with Crippen molar-refractivity contribution in [3.63, 3.8) is 0 Å². The van der Waals surface area contributed by atoms with Gasteiger partial charge in [0.15, 0.2) is 0 Å². The van der Waals surface area contributed by atoms with E-state index in [4.69, 9.17) is 11.5 Å². The van der Waals surface area contributed by atoms with E-state index in [-0.39, 0.29) is 22.4 Å². The van der Waals surface area contributed by atoms with E-state index < -0.39 is 15.9 Å². The SMILES string of the molecule is CC1CN(S(=O)(=O)c2ccc(C(N)=O)cc2)CC1N. The Morgan fingerprint density at radius 2 is 1.84 bits per heavy atom. The predicted octanol–water partition coefficient (Wildman–Crippen LogP) is -0.247. The molecule has 1 aliphatic rings. The monoisotopic (exact) mass is 283 g/mol. The van der Waals surface area contributed by atoms with Gasteiger partial charge in [-0.1, -0.05) is 6.92 Å². The fourth-order valence-electron chi connectivity index (χ4n) is 2.08. The summed E-state index contributed by atoms with van der Waals surface area (Å²) in [7, 11) is -3.55. The average molecular weight is 283 g/mol. The number of nitrogens with two attached hydrogens (primary N) is 2. The number of carbonyl (C=O) groups is 1. The van der Waals surface area contributed by atoms with Crippen LogP contribution in [0.4, 0.5) is 0 Å². The third-order valence-corrected chi connectivity index (χ3v) is 5.26. The number of hydrogen-bond donors (Lipinski definition) is 2. The van der Waals surface area contributed by atoms with Crippen LogP contribution in [0.2, 0.25) is 0 Å². The van der Waals surface area contributed by atoms with Gasteiger partial charge in [-0.25, -0.2) is 8.42 Å². The topological polar surface area (TPSA) is 106 Å². The minimum atomic E-state index is -3.55. The average Bonchev–Trinajstić information content (AvgIpc) is 2.70. The van der Waals surface area contributed by atoms with Crippen molar-refractivity contribution in [1.29, 1.82) is 0 Å². The van der Waals surface area contributed by atoms with E-state index in [1.807, 2.05) is 6.92 Å². The number of hydrogen-bond acceptors (Lipinski definition) is 4. The lowest BCUT2D eigenvalue weighted by Gasteiger charge is -2.16. The maximum absolute atomic E-state index is 12.4. The molecule has 1 amide bonds. The summed E-state index contributed by atoms with van der Waals surface area (Å²) < 4.78 is 26.1. The molecule has 4 N–H and O–H groups in total. The first kappa shape index (κ1) is 14.0. The molecule has 104 valence electrons. The smallest absolute Gasteiger partial charge is 0.248 e. The second-order valence-electron chi connectivity index (χ2n) is 4.85. The van der Waals surface area contributed by atoms with Crippen molar-refractivity contribution in [3.8, 4) is 0 Å². The fraction of sp³-hybridized carbons (Fsp3) is 0.417. The molecule has 0 spiro atoms. The first-order chi connectivity index (χ1) is 8.82. The summed E-state index contributed by atoms with van der Waals surface area (Å²) in [5.41, 5.74) is 11.2. The van der Waals surface area contributed by atoms with E-state index in [0.29, 0.717) is 13.1 Å². The van der Waals surface area contributed by atoms with Crippen LogP contribution < -0.4 is 11.5 Å². The Kier molecular flexibility index (Phi) is 3.62. The highest BCUT2D eigenvalue weighted by Gasteiger charge is 2.35. The van der Waals surface area contributed by atoms with Gasteiger partial charge < -0.3 is 11.5 Å².